The first-order chi connectivity index (χ1) is 16.1. The third-order valence-electron chi connectivity index (χ3n) is 5.07. The molecule has 0 bridgehead atoms. The maximum Gasteiger partial charge on any atom is 0.511 e. The van der Waals surface area contributed by atoms with Gasteiger partial charge in [-0.1, -0.05) is 23.7 Å². The topological polar surface area (TPSA) is 69.7 Å². The van der Waals surface area contributed by atoms with E-state index in [1.54, 1.807) is 26.1 Å². The molecule has 0 fully saturated rings. The van der Waals surface area contributed by atoms with Gasteiger partial charge in [-0.3, -0.25) is 4.98 Å². The number of fused-ring (bicyclic) bond motifs is 1. The number of nitrogens with one attached hydrogen (secondary N) is 1. The predicted octanol–water partition coefficient (Wildman–Crippen LogP) is 6.29. The van der Waals surface area contributed by atoms with Gasteiger partial charge in [-0.15, -0.1) is 0 Å². The number of pyridine rings is 1. The molecule has 0 unspecified atom stereocenters. The Morgan fingerprint density at radius 1 is 1.12 bits per heavy atom. The monoisotopic (exact) mass is 496 g/mol. The molecular formula is C24H24ClF3N2O4. The fourth-order valence-corrected chi connectivity index (χ4v) is 3.54. The van der Waals surface area contributed by atoms with E-state index in [4.69, 9.17) is 25.8 Å². The average Bonchev–Trinajstić information content (AvgIpc) is 2.77. The molecule has 0 aliphatic carbocycles. The van der Waals surface area contributed by atoms with Crippen molar-refractivity contribution in [2.24, 2.45) is 0 Å². The molecule has 3 aromatic rings. The summed E-state index contributed by atoms with van der Waals surface area (Å²) in [6.45, 7) is 3.95. The number of hydrogen-bond acceptors (Lipinski definition) is 6. The zero-order valence-electron chi connectivity index (χ0n) is 18.9. The summed E-state index contributed by atoms with van der Waals surface area (Å²) in [6, 6.07) is 8.12. The van der Waals surface area contributed by atoms with Crippen LogP contribution in [0.1, 0.15) is 23.2 Å². The van der Waals surface area contributed by atoms with Gasteiger partial charge >= 0.3 is 12.3 Å². The highest BCUT2D eigenvalue weighted by Gasteiger charge is 2.30. The summed E-state index contributed by atoms with van der Waals surface area (Å²) in [5, 5.41) is 3.93. The summed E-state index contributed by atoms with van der Waals surface area (Å²) in [5.41, 5.74) is 2.07. The van der Waals surface area contributed by atoms with Crippen molar-refractivity contribution in [2.45, 2.75) is 26.4 Å². The molecule has 0 atom stereocenters. The highest BCUT2D eigenvalue weighted by molar-refractivity contribution is 6.32. The number of carbonyl (C=O) groups is 1. The van der Waals surface area contributed by atoms with Crippen molar-refractivity contribution in [3.63, 3.8) is 0 Å². The van der Waals surface area contributed by atoms with Crippen LogP contribution in [-0.2, 0) is 15.7 Å². The van der Waals surface area contributed by atoms with E-state index in [1.165, 1.54) is 12.1 Å². The van der Waals surface area contributed by atoms with E-state index in [9.17, 15) is 18.0 Å². The lowest BCUT2D eigenvalue weighted by atomic mass is 9.98. The molecule has 0 aliphatic heterocycles. The van der Waals surface area contributed by atoms with E-state index in [1.807, 2.05) is 6.92 Å². The van der Waals surface area contributed by atoms with Crippen molar-refractivity contribution in [2.75, 3.05) is 27.0 Å². The van der Waals surface area contributed by atoms with Crippen molar-refractivity contribution in [1.29, 1.82) is 0 Å². The Labute approximate surface area is 200 Å². The van der Waals surface area contributed by atoms with Gasteiger partial charge in [-0.25, -0.2) is 4.79 Å². The number of alkyl halides is 3. The molecule has 2 aromatic carbocycles. The molecule has 1 N–H and O–H groups in total. The Kier molecular flexibility index (Phi) is 8.22. The maximum atomic E-state index is 13.0. The van der Waals surface area contributed by atoms with Gasteiger partial charge < -0.3 is 19.5 Å². The second-order valence-electron chi connectivity index (χ2n) is 7.56. The highest BCUT2D eigenvalue weighted by Crippen LogP contribution is 2.41. The average molecular weight is 497 g/mol. The second kappa shape index (κ2) is 10.9. The molecule has 34 heavy (non-hydrogen) atoms. The van der Waals surface area contributed by atoms with Gasteiger partial charge in [0, 0.05) is 21.7 Å². The lowest BCUT2D eigenvalue weighted by molar-refractivity contribution is -0.137. The van der Waals surface area contributed by atoms with Crippen LogP contribution in [0.5, 0.6) is 5.75 Å². The van der Waals surface area contributed by atoms with Crippen LogP contribution < -0.4 is 10.1 Å². The Morgan fingerprint density at radius 3 is 2.47 bits per heavy atom. The molecule has 0 amide bonds. The Morgan fingerprint density at radius 2 is 1.82 bits per heavy atom. The number of hydrogen-bond donors (Lipinski definition) is 1. The number of ether oxygens (including phenoxy) is 3. The Bertz CT molecular complexity index is 1170. The van der Waals surface area contributed by atoms with Crippen LogP contribution in [0, 0.1) is 13.8 Å². The molecule has 0 saturated heterocycles. The number of carbonyl (C=O) groups excluding carboxylic acids is 1. The van der Waals surface area contributed by atoms with Crippen molar-refractivity contribution in [3.8, 4) is 16.9 Å². The summed E-state index contributed by atoms with van der Waals surface area (Å²) in [7, 11) is 1.79. The third kappa shape index (κ3) is 6.09. The molecule has 1 heterocycles. The molecular weight excluding hydrogens is 473 g/mol. The number of rotatable bonds is 8. The number of aromatic nitrogens is 1. The first-order valence-electron chi connectivity index (χ1n) is 10.5. The number of nitrogens with zero attached hydrogens (tertiary/aromatic N) is 1. The van der Waals surface area contributed by atoms with Crippen molar-refractivity contribution in [1.82, 2.24) is 10.3 Å². The van der Waals surface area contributed by atoms with Crippen LogP contribution in [0.25, 0.3) is 22.0 Å². The summed E-state index contributed by atoms with van der Waals surface area (Å²) in [4.78, 5) is 16.4. The van der Waals surface area contributed by atoms with Gasteiger partial charge in [0.05, 0.1) is 17.7 Å². The van der Waals surface area contributed by atoms with E-state index in [-0.39, 0.29) is 12.4 Å². The van der Waals surface area contributed by atoms with Crippen LogP contribution in [-0.4, -0.2) is 38.1 Å². The van der Waals surface area contributed by atoms with Crippen molar-refractivity contribution < 1.29 is 32.2 Å². The van der Waals surface area contributed by atoms with Crippen LogP contribution in [0.4, 0.5) is 18.0 Å². The van der Waals surface area contributed by atoms with Crippen LogP contribution in [0.3, 0.4) is 0 Å². The molecule has 0 spiro atoms. The zero-order valence-corrected chi connectivity index (χ0v) is 19.6. The molecule has 3 rings (SSSR count). The summed E-state index contributed by atoms with van der Waals surface area (Å²) >= 11 is 6.32. The van der Waals surface area contributed by atoms with Crippen LogP contribution in [0.15, 0.2) is 36.4 Å². The van der Waals surface area contributed by atoms with Gasteiger partial charge in [0.15, 0.2) is 0 Å². The van der Waals surface area contributed by atoms with Crippen LogP contribution in [0.2, 0.25) is 5.02 Å². The largest absolute Gasteiger partial charge is 0.511 e. The van der Waals surface area contributed by atoms with E-state index < -0.39 is 24.7 Å². The normalized spacial score (nSPS) is 11.5. The number of benzene rings is 2. The van der Waals surface area contributed by atoms with Gasteiger partial charge in [0.25, 0.3) is 0 Å². The Balaban J connectivity index is 1.95. The van der Waals surface area contributed by atoms with E-state index in [0.29, 0.717) is 45.7 Å². The lowest BCUT2D eigenvalue weighted by Gasteiger charge is -2.18. The summed E-state index contributed by atoms with van der Waals surface area (Å²) < 4.78 is 54.9. The molecule has 0 radical (unpaired) electrons. The predicted molar refractivity (Wildman–Crippen MR) is 123 cm³/mol. The molecule has 0 saturated carbocycles. The second-order valence-corrected chi connectivity index (χ2v) is 7.96. The first kappa shape index (κ1) is 25.6. The van der Waals surface area contributed by atoms with E-state index in [0.717, 1.165) is 17.7 Å². The van der Waals surface area contributed by atoms with Crippen LogP contribution >= 0.6 is 11.6 Å². The molecule has 0 aliphatic rings. The zero-order chi connectivity index (χ0) is 24.9. The van der Waals surface area contributed by atoms with E-state index in [2.05, 4.69) is 10.3 Å². The lowest BCUT2D eigenvalue weighted by Crippen LogP contribution is -2.16. The quantitative estimate of drug-likeness (QED) is 0.224. The maximum absolute atomic E-state index is 13.0. The number of aryl methyl sites for hydroxylation is 2. The summed E-state index contributed by atoms with van der Waals surface area (Å²) in [5.74, 6) is 0.284. The standard InChI is InChI=1S/C24H24ClF3N2O4/c1-14-11-20-18(12-19(14)25)22(33-13-34-23(31)32-10-4-9-29-3)21(15(2)30-20)16-5-7-17(8-6-16)24(26,27)28/h5-8,11-12,29H,4,9-10,13H2,1-3H3. The summed E-state index contributed by atoms with van der Waals surface area (Å²) in [6.07, 6.45) is -4.73. The highest BCUT2D eigenvalue weighted by atomic mass is 35.5. The number of halogens is 4. The third-order valence-corrected chi connectivity index (χ3v) is 5.48. The van der Waals surface area contributed by atoms with Gasteiger partial charge in [0.1, 0.15) is 5.75 Å². The van der Waals surface area contributed by atoms with Gasteiger partial charge in [-0.05, 0) is 69.3 Å². The van der Waals surface area contributed by atoms with Crippen molar-refractivity contribution in [3.05, 3.63) is 58.2 Å². The molecule has 182 valence electrons. The SMILES string of the molecule is CNCCCOC(=O)OCOc1c(-c2ccc(C(F)(F)F)cc2)c(C)nc2cc(C)c(Cl)cc12. The Hall–Kier alpha value is -3.04. The smallest absolute Gasteiger partial charge is 0.456 e. The minimum absolute atomic E-state index is 0.183. The minimum atomic E-state index is -4.46. The minimum Gasteiger partial charge on any atom is -0.456 e. The van der Waals surface area contributed by atoms with Gasteiger partial charge in [-0.2, -0.15) is 13.2 Å². The molecule has 6 nitrogen and oxygen atoms in total. The molecule has 10 heteroatoms. The van der Waals surface area contributed by atoms with E-state index >= 15 is 0 Å². The van der Waals surface area contributed by atoms with Gasteiger partial charge in [0.2, 0.25) is 6.79 Å². The molecule has 1 aromatic heterocycles. The van der Waals surface area contributed by atoms with Crippen molar-refractivity contribution >= 4 is 28.7 Å². The fourth-order valence-electron chi connectivity index (χ4n) is 3.37. The first-order valence-corrected chi connectivity index (χ1v) is 10.8. The fraction of sp³-hybridized carbons (Fsp3) is 0.333.